The number of halogens is 2. The van der Waals surface area contributed by atoms with Gasteiger partial charge in [-0.05, 0) is 25.1 Å². The molecule has 0 aromatic heterocycles. The summed E-state index contributed by atoms with van der Waals surface area (Å²) in [7, 11) is 1.41. The third-order valence-electron chi connectivity index (χ3n) is 2.84. The molecule has 0 bridgehead atoms. The molecule has 100 valence electrons. The predicted molar refractivity (Wildman–Crippen MR) is 71.4 cm³/mol. The summed E-state index contributed by atoms with van der Waals surface area (Å²) in [4.78, 5) is 0. The van der Waals surface area contributed by atoms with Crippen LogP contribution in [0.25, 0.3) is 0 Å². The van der Waals surface area contributed by atoms with Crippen molar-refractivity contribution in [3.05, 3.63) is 59.2 Å². The quantitative estimate of drug-likeness (QED) is 0.903. The van der Waals surface area contributed by atoms with Gasteiger partial charge in [-0.3, -0.25) is 0 Å². The average Bonchev–Trinajstić information content (AvgIpc) is 2.40. The molecule has 0 aliphatic carbocycles. The van der Waals surface area contributed by atoms with Crippen LogP contribution in [0.15, 0.2) is 36.4 Å². The number of methoxy groups -OCH3 is 1. The molecule has 0 radical (unpaired) electrons. The zero-order chi connectivity index (χ0) is 13.8. The number of nitrogens with one attached hydrogen (secondary N) is 1. The third-order valence-corrected chi connectivity index (χ3v) is 2.84. The molecule has 0 heterocycles. The Balaban J connectivity index is 2.10. The molecular formula is C15H15F2NO. The van der Waals surface area contributed by atoms with Gasteiger partial charge in [-0.1, -0.05) is 17.7 Å². The lowest BCUT2D eigenvalue weighted by Gasteiger charge is -2.09. The third kappa shape index (κ3) is 3.22. The topological polar surface area (TPSA) is 21.3 Å². The zero-order valence-corrected chi connectivity index (χ0v) is 10.8. The molecule has 2 aromatic carbocycles. The first kappa shape index (κ1) is 13.3. The van der Waals surface area contributed by atoms with Crippen LogP contribution in [0.1, 0.15) is 11.1 Å². The summed E-state index contributed by atoms with van der Waals surface area (Å²) in [5.41, 5.74) is 2.12. The van der Waals surface area contributed by atoms with Crippen molar-refractivity contribution >= 4 is 5.69 Å². The number of hydrogen-bond donors (Lipinski definition) is 1. The predicted octanol–water partition coefficient (Wildman–Crippen LogP) is 3.89. The monoisotopic (exact) mass is 263 g/mol. The Bertz CT molecular complexity index is 584. The van der Waals surface area contributed by atoms with Crippen LogP contribution in [0.4, 0.5) is 14.5 Å². The van der Waals surface area contributed by atoms with E-state index in [0.717, 1.165) is 5.56 Å². The van der Waals surface area contributed by atoms with E-state index in [-0.39, 0.29) is 11.6 Å². The maximum atomic E-state index is 13.5. The van der Waals surface area contributed by atoms with Crippen molar-refractivity contribution in [1.82, 2.24) is 0 Å². The molecule has 0 aliphatic heterocycles. The van der Waals surface area contributed by atoms with Gasteiger partial charge in [0.25, 0.3) is 0 Å². The van der Waals surface area contributed by atoms with E-state index < -0.39 is 5.82 Å². The molecule has 0 saturated heterocycles. The van der Waals surface area contributed by atoms with Gasteiger partial charge in [-0.2, -0.15) is 0 Å². The first-order valence-electron chi connectivity index (χ1n) is 5.92. The van der Waals surface area contributed by atoms with Gasteiger partial charge in [0.2, 0.25) is 0 Å². The Hall–Kier alpha value is -2.10. The second kappa shape index (κ2) is 5.69. The maximum Gasteiger partial charge on any atom is 0.167 e. The number of ether oxygens (including phenoxy) is 1. The molecule has 19 heavy (non-hydrogen) atoms. The van der Waals surface area contributed by atoms with Crippen molar-refractivity contribution in [3.63, 3.8) is 0 Å². The van der Waals surface area contributed by atoms with Crippen molar-refractivity contribution in [2.75, 3.05) is 12.4 Å². The zero-order valence-electron chi connectivity index (χ0n) is 10.8. The molecule has 0 atom stereocenters. The lowest BCUT2D eigenvalue weighted by atomic mass is 10.1. The average molecular weight is 263 g/mol. The van der Waals surface area contributed by atoms with Crippen molar-refractivity contribution in [2.24, 2.45) is 0 Å². The van der Waals surface area contributed by atoms with Crippen LogP contribution in [0.2, 0.25) is 0 Å². The van der Waals surface area contributed by atoms with Crippen LogP contribution in [-0.4, -0.2) is 7.11 Å². The molecule has 0 unspecified atom stereocenters. The van der Waals surface area contributed by atoms with E-state index in [1.165, 1.54) is 25.3 Å². The fourth-order valence-corrected chi connectivity index (χ4v) is 1.81. The summed E-state index contributed by atoms with van der Waals surface area (Å²) in [5.74, 6) is -0.531. The van der Waals surface area contributed by atoms with E-state index in [1.807, 2.05) is 6.92 Å². The summed E-state index contributed by atoms with van der Waals surface area (Å²) in [6.45, 7) is 2.20. The van der Waals surface area contributed by atoms with Gasteiger partial charge in [0.15, 0.2) is 11.6 Å². The van der Waals surface area contributed by atoms with Crippen molar-refractivity contribution in [1.29, 1.82) is 0 Å². The van der Waals surface area contributed by atoms with Gasteiger partial charge in [0.05, 0.1) is 7.11 Å². The highest BCUT2D eigenvalue weighted by Gasteiger charge is 2.05. The molecule has 0 amide bonds. The minimum absolute atomic E-state index is 0.187. The summed E-state index contributed by atoms with van der Waals surface area (Å²) in [5, 5.41) is 2.99. The minimum atomic E-state index is -0.447. The van der Waals surface area contributed by atoms with Crippen LogP contribution >= 0.6 is 0 Å². The highest BCUT2D eigenvalue weighted by atomic mass is 19.1. The highest BCUT2D eigenvalue weighted by Crippen LogP contribution is 2.21. The highest BCUT2D eigenvalue weighted by molar-refractivity contribution is 5.47. The molecule has 2 nitrogen and oxygen atoms in total. The summed E-state index contributed by atoms with van der Waals surface area (Å²) < 4.78 is 31.9. The summed E-state index contributed by atoms with van der Waals surface area (Å²) >= 11 is 0. The molecule has 0 aliphatic rings. The molecule has 4 heteroatoms. The number of aryl methyl sites for hydroxylation is 1. The lowest BCUT2D eigenvalue weighted by molar-refractivity contribution is 0.386. The van der Waals surface area contributed by atoms with E-state index in [2.05, 4.69) is 5.32 Å². The molecule has 0 fully saturated rings. The van der Waals surface area contributed by atoms with Crippen LogP contribution in [0.5, 0.6) is 5.75 Å². The number of rotatable bonds is 4. The van der Waals surface area contributed by atoms with Gasteiger partial charge in [0.1, 0.15) is 5.82 Å². The first-order chi connectivity index (χ1) is 9.10. The van der Waals surface area contributed by atoms with Crippen molar-refractivity contribution < 1.29 is 13.5 Å². The summed E-state index contributed by atoms with van der Waals surface area (Å²) in [6, 6.07) is 9.46. The Morgan fingerprint density at radius 1 is 1.05 bits per heavy atom. The van der Waals surface area contributed by atoms with Crippen molar-refractivity contribution in [3.8, 4) is 5.75 Å². The second-order valence-electron chi connectivity index (χ2n) is 4.30. The second-order valence-corrected chi connectivity index (χ2v) is 4.30. The van der Waals surface area contributed by atoms with E-state index in [1.54, 1.807) is 18.2 Å². The smallest absolute Gasteiger partial charge is 0.167 e. The summed E-state index contributed by atoms with van der Waals surface area (Å²) in [6.07, 6.45) is 0. The Labute approximate surface area is 111 Å². The van der Waals surface area contributed by atoms with Crippen LogP contribution in [0.3, 0.4) is 0 Å². The molecule has 0 spiro atoms. The van der Waals surface area contributed by atoms with Gasteiger partial charge >= 0.3 is 0 Å². The van der Waals surface area contributed by atoms with Gasteiger partial charge in [-0.15, -0.1) is 0 Å². The fraction of sp³-hybridized carbons (Fsp3) is 0.200. The number of benzene rings is 2. The van der Waals surface area contributed by atoms with Crippen LogP contribution in [-0.2, 0) is 6.54 Å². The Morgan fingerprint density at radius 3 is 2.53 bits per heavy atom. The molecular weight excluding hydrogens is 248 g/mol. The van der Waals surface area contributed by atoms with Crippen molar-refractivity contribution in [2.45, 2.75) is 13.5 Å². The molecule has 0 saturated carbocycles. The van der Waals surface area contributed by atoms with Crippen LogP contribution in [0, 0.1) is 18.6 Å². The fourth-order valence-electron chi connectivity index (χ4n) is 1.81. The first-order valence-corrected chi connectivity index (χ1v) is 5.92. The number of hydrogen-bond acceptors (Lipinski definition) is 2. The molecule has 2 aromatic rings. The van der Waals surface area contributed by atoms with E-state index in [9.17, 15) is 8.78 Å². The van der Waals surface area contributed by atoms with Gasteiger partial charge < -0.3 is 10.1 Å². The largest absolute Gasteiger partial charge is 0.494 e. The van der Waals surface area contributed by atoms with Crippen LogP contribution < -0.4 is 10.1 Å². The van der Waals surface area contributed by atoms with Gasteiger partial charge in [0, 0.05) is 23.9 Å². The van der Waals surface area contributed by atoms with Gasteiger partial charge in [-0.25, -0.2) is 8.78 Å². The van der Waals surface area contributed by atoms with E-state index in [4.69, 9.17) is 4.74 Å². The Morgan fingerprint density at radius 2 is 1.84 bits per heavy atom. The maximum absolute atomic E-state index is 13.5. The number of anilines is 1. The standard InChI is InChI=1S/C15H15F2NO/c1-10-3-5-13(16)11(7-10)9-18-12-4-6-15(19-2)14(17)8-12/h3-8,18H,9H2,1-2H3. The lowest BCUT2D eigenvalue weighted by Crippen LogP contribution is -2.02. The molecule has 1 N–H and O–H groups in total. The minimum Gasteiger partial charge on any atom is -0.494 e. The normalized spacial score (nSPS) is 10.3. The SMILES string of the molecule is COc1ccc(NCc2cc(C)ccc2F)cc1F. The van der Waals surface area contributed by atoms with E-state index in [0.29, 0.717) is 17.8 Å². The molecule has 2 rings (SSSR count). The Kier molecular flexibility index (Phi) is 4.00. The van der Waals surface area contributed by atoms with E-state index >= 15 is 0 Å².